The standard InChI is InChI=1S/C19H17N3O4S2/c1-12-6-7-13(8-17(12)22(24)25)16-10-28-19(20-16)21-18(23)11-27-15-5-3-4-14(9-15)26-2/h3-10H,11H2,1-2H3,(H,20,21,23). The number of amides is 1. The third-order valence-corrected chi connectivity index (χ3v) is 5.61. The molecule has 0 fully saturated rings. The first kappa shape index (κ1) is 19.8. The van der Waals surface area contributed by atoms with Gasteiger partial charge in [-0.25, -0.2) is 4.98 Å². The largest absolute Gasteiger partial charge is 0.497 e. The van der Waals surface area contributed by atoms with Crippen LogP contribution in [0.1, 0.15) is 5.56 Å². The van der Waals surface area contributed by atoms with Gasteiger partial charge in [0, 0.05) is 27.5 Å². The molecule has 0 atom stereocenters. The first-order chi connectivity index (χ1) is 13.5. The molecule has 2 aromatic carbocycles. The Bertz CT molecular complexity index is 1020. The molecule has 0 aliphatic rings. The van der Waals surface area contributed by atoms with Crippen molar-refractivity contribution in [2.45, 2.75) is 11.8 Å². The number of methoxy groups -OCH3 is 1. The zero-order chi connectivity index (χ0) is 20.1. The molecule has 0 saturated heterocycles. The Hall–Kier alpha value is -2.91. The molecule has 0 unspecified atom stereocenters. The molecular weight excluding hydrogens is 398 g/mol. The Morgan fingerprint density at radius 2 is 2.14 bits per heavy atom. The number of carbonyl (C=O) groups excluding carboxylic acids is 1. The fourth-order valence-corrected chi connectivity index (χ4v) is 3.90. The molecule has 0 radical (unpaired) electrons. The Kier molecular flexibility index (Phi) is 6.27. The van der Waals surface area contributed by atoms with E-state index >= 15 is 0 Å². The van der Waals surface area contributed by atoms with Gasteiger partial charge in [-0.3, -0.25) is 14.9 Å². The molecule has 0 saturated carbocycles. The molecule has 144 valence electrons. The predicted octanol–water partition coefficient (Wildman–Crippen LogP) is 4.77. The van der Waals surface area contributed by atoms with Gasteiger partial charge in [0.15, 0.2) is 5.13 Å². The predicted molar refractivity (Wildman–Crippen MR) is 111 cm³/mol. The van der Waals surface area contributed by atoms with Crippen LogP contribution in [0.4, 0.5) is 10.8 Å². The van der Waals surface area contributed by atoms with Crippen LogP contribution in [0.25, 0.3) is 11.3 Å². The second-order valence-electron chi connectivity index (χ2n) is 5.81. The van der Waals surface area contributed by atoms with Crippen LogP contribution in [0.5, 0.6) is 5.75 Å². The lowest BCUT2D eigenvalue weighted by molar-refractivity contribution is -0.385. The maximum absolute atomic E-state index is 12.2. The summed E-state index contributed by atoms with van der Waals surface area (Å²) in [7, 11) is 1.60. The fourth-order valence-electron chi connectivity index (χ4n) is 2.42. The number of ether oxygens (including phenoxy) is 1. The van der Waals surface area contributed by atoms with E-state index in [-0.39, 0.29) is 17.3 Å². The van der Waals surface area contributed by atoms with Gasteiger partial charge in [0.05, 0.1) is 23.5 Å². The summed E-state index contributed by atoms with van der Waals surface area (Å²) in [5.41, 5.74) is 1.86. The van der Waals surface area contributed by atoms with E-state index < -0.39 is 4.92 Å². The van der Waals surface area contributed by atoms with Crippen molar-refractivity contribution in [2.75, 3.05) is 18.2 Å². The van der Waals surface area contributed by atoms with Gasteiger partial charge >= 0.3 is 0 Å². The van der Waals surface area contributed by atoms with Crippen LogP contribution in [0, 0.1) is 17.0 Å². The van der Waals surface area contributed by atoms with Gasteiger partial charge in [0.1, 0.15) is 5.75 Å². The number of benzene rings is 2. The van der Waals surface area contributed by atoms with Crippen LogP contribution in [-0.4, -0.2) is 28.7 Å². The molecule has 1 N–H and O–H groups in total. The Balaban J connectivity index is 1.63. The first-order valence-corrected chi connectivity index (χ1v) is 10.1. The van der Waals surface area contributed by atoms with Gasteiger partial charge in [-0.1, -0.05) is 18.2 Å². The summed E-state index contributed by atoms with van der Waals surface area (Å²) in [6, 6.07) is 12.5. The number of anilines is 1. The molecule has 1 heterocycles. The second kappa shape index (κ2) is 8.85. The molecule has 1 amide bonds. The number of carbonyl (C=O) groups is 1. The van der Waals surface area contributed by atoms with Crippen LogP contribution in [0.2, 0.25) is 0 Å². The fraction of sp³-hybridized carbons (Fsp3) is 0.158. The summed E-state index contributed by atoms with van der Waals surface area (Å²) in [5, 5.41) is 16.1. The zero-order valence-electron chi connectivity index (χ0n) is 15.2. The van der Waals surface area contributed by atoms with Crippen molar-refractivity contribution in [1.29, 1.82) is 0 Å². The highest BCUT2D eigenvalue weighted by Gasteiger charge is 2.14. The molecule has 0 bridgehead atoms. The number of nitro benzene ring substituents is 1. The van der Waals surface area contributed by atoms with E-state index in [0.29, 0.717) is 22.0 Å². The summed E-state index contributed by atoms with van der Waals surface area (Å²) in [5.74, 6) is 0.795. The van der Waals surface area contributed by atoms with Crippen LogP contribution < -0.4 is 10.1 Å². The number of rotatable bonds is 7. The number of hydrogen-bond donors (Lipinski definition) is 1. The molecule has 7 nitrogen and oxygen atoms in total. The molecule has 3 rings (SSSR count). The minimum atomic E-state index is -0.413. The maximum atomic E-state index is 12.2. The lowest BCUT2D eigenvalue weighted by Gasteiger charge is -2.04. The monoisotopic (exact) mass is 415 g/mol. The van der Waals surface area contributed by atoms with E-state index in [9.17, 15) is 14.9 Å². The molecule has 3 aromatic rings. The van der Waals surface area contributed by atoms with E-state index in [1.54, 1.807) is 31.5 Å². The summed E-state index contributed by atoms with van der Waals surface area (Å²) < 4.78 is 5.17. The number of aromatic nitrogens is 1. The van der Waals surface area contributed by atoms with Crippen molar-refractivity contribution >= 4 is 39.8 Å². The average molecular weight is 415 g/mol. The number of hydrogen-bond acceptors (Lipinski definition) is 7. The molecule has 9 heteroatoms. The minimum Gasteiger partial charge on any atom is -0.497 e. The molecule has 28 heavy (non-hydrogen) atoms. The topological polar surface area (TPSA) is 94.4 Å². The zero-order valence-corrected chi connectivity index (χ0v) is 16.8. The van der Waals surface area contributed by atoms with Crippen LogP contribution in [-0.2, 0) is 4.79 Å². The SMILES string of the molecule is COc1cccc(SCC(=O)Nc2nc(-c3ccc(C)c([N+](=O)[O-])c3)cs2)c1. The van der Waals surface area contributed by atoms with Gasteiger partial charge in [-0.05, 0) is 25.1 Å². The van der Waals surface area contributed by atoms with E-state index in [2.05, 4.69) is 10.3 Å². The molecule has 0 aliphatic carbocycles. The average Bonchev–Trinajstić information content (AvgIpc) is 3.15. The van der Waals surface area contributed by atoms with Crippen molar-refractivity contribution in [2.24, 2.45) is 0 Å². The number of nitro groups is 1. The van der Waals surface area contributed by atoms with Gasteiger partial charge in [0.2, 0.25) is 5.91 Å². The van der Waals surface area contributed by atoms with E-state index in [1.165, 1.54) is 29.2 Å². The van der Waals surface area contributed by atoms with E-state index in [0.717, 1.165) is 10.6 Å². The lowest BCUT2D eigenvalue weighted by atomic mass is 10.1. The highest BCUT2D eigenvalue weighted by atomic mass is 32.2. The Labute approximate surface area is 169 Å². The lowest BCUT2D eigenvalue weighted by Crippen LogP contribution is -2.13. The smallest absolute Gasteiger partial charge is 0.272 e. The molecule has 0 spiro atoms. The molecule has 1 aromatic heterocycles. The molecule has 0 aliphatic heterocycles. The highest BCUT2D eigenvalue weighted by Crippen LogP contribution is 2.29. The van der Waals surface area contributed by atoms with Crippen molar-refractivity contribution in [3.8, 4) is 17.0 Å². The van der Waals surface area contributed by atoms with Gasteiger partial charge in [0.25, 0.3) is 5.69 Å². The highest BCUT2D eigenvalue weighted by molar-refractivity contribution is 8.00. The third-order valence-electron chi connectivity index (χ3n) is 3.86. The van der Waals surface area contributed by atoms with Gasteiger partial charge in [-0.2, -0.15) is 0 Å². The van der Waals surface area contributed by atoms with Crippen LogP contribution in [0.3, 0.4) is 0 Å². The quantitative estimate of drug-likeness (QED) is 0.339. The summed E-state index contributed by atoms with van der Waals surface area (Å²) in [6.45, 7) is 1.69. The Morgan fingerprint density at radius 3 is 2.89 bits per heavy atom. The molecular formula is C19H17N3O4S2. The Morgan fingerprint density at radius 1 is 1.32 bits per heavy atom. The minimum absolute atomic E-state index is 0.0470. The van der Waals surface area contributed by atoms with Crippen LogP contribution >= 0.6 is 23.1 Å². The van der Waals surface area contributed by atoms with Crippen molar-refractivity contribution in [3.63, 3.8) is 0 Å². The summed E-state index contributed by atoms with van der Waals surface area (Å²) in [4.78, 5) is 28.2. The second-order valence-corrected chi connectivity index (χ2v) is 7.72. The van der Waals surface area contributed by atoms with Gasteiger partial charge in [-0.15, -0.1) is 23.1 Å². The number of aryl methyl sites for hydroxylation is 1. The number of nitrogens with one attached hydrogen (secondary N) is 1. The maximum Gasteiger partial charge on any atom is 0.272 e. The first-order valence-electron chi connectivity index (χ1n) is 8.24. The van der Waals surface area contributed by atoms with Crippen molar-refractivity contribution < 1.29 is 14.5 Å². The summed E-state index contributed by atoms with van der Waals surface area (Å²) >= 11 is 2.67. The van der Waals surface area contributed by atoms with Crippen molar-refractivity contribution in [1.82, 2.24) is 4.98 Å². The number of thioether (sulfide) groups is 1. The van der Waals surface area contributed by atoms with E-state index in [1.807, 2.05) is 24.3 Å². The third kappa shape index (κ3) is 4.87. The van der Waals surface area contributed by atoms with Crippen LogP contribution in [0.15, 0.2) is 52.7 Å². The van der Waals surface area contributed by atoms with Gasteiger partial charge < -0.3 is 10.1 Å². The van der Waals surface area contributed by atoms with Crippen molar-refractivity contribution in [3.05, 3.63) is 63.5 Å². The number of nitrogens with zero attached hydrogens (tertiary/aromatic N) is 2. The van der Waals surface area contributed by atoms with E-state index in [4.69, 9.17) is 4.74 Å². The normalized spacial score (nSPS) is 10.5. The summed E-state index contributed by atoms with van der Waals surface area (Å²) in [6.07, 6.45) is 0. The number of thiazole rings is 1.